The summed E-state index contributed by atoms with van der Waals surface area (Å²) < 4.78 is 2.11. The quantitative estimate of drug-likeness (QED) is 0.905. The number of carbonyl (C=O) groups is 1. The smallest absolute Gasteiger partial charge is 0.273 e. The lowest BCUT2D eigenvalue weighted by molar-refractivity contribution is 0.0718. The molecule has 0 bridgehead atoms. The Morgan fingerprint density at radius 1 is 1.55 bits per heavy atom. The molecule has 118 valence electrons. The van der Waals surface area contributed by atoms with Gasteiger partial charge in [-0.2, -0.15) is 0 Å². The summed E-state index contributed by atoms with van der Waals surface area (Å²) in [5.74, 6) is 1.03. The number of rotatable bonds is 5. The molecule has 1 atom stereocenters. The fourth-order valence-electron chi connectivity index (χ4n) is 2.91. The molecule has 1 aliphatic heterocycles. The van der Waals surface area contributed by atoms with E-state index in [0.717, 1.165) is 43.2 Å². The van der Waals surface area contributed by atoms with Crippen molar-refractivity contribution < 1.29 is 4.79 Å². The Balaban J connectivity index is 1.71. The van der Waals surface area contributed by atoms with Gasteiger partial charge in [-0.3, -0.25) is 4.79 Å². The first-order chi connectivity index (χ1) is 10.7. The molecule has 1 unspecified atom stereocenters. The summed E-state index contributed by atoms with van der Waals surface area (Å²) in [6.07, 6.45) is 6.58. The topological polar surface area (TPSA) is 77.0 Å². The molecule has 1 saturated heterocycles. The Morgan fingerprint density at radius 3 is 3.14 bits per heavy atom. The van der Waals surface area contributed by atoms with E-state index in [0.29, 0.717) is 12.2 Å². The van der Waals surface area contributed by atoms with Crippen LogP contribution in [0, 0.1) is 6.92 Å². The van der Waals surface area contributed by atoms with Crippen molar-refractivity contribution in [3.63, 3.8) is 0 Å². The molecule has 6 nitrogen and oxygen atoms in total. The summed E-state index contributed by atoms with van der Waals surface area (Å²) in [6.45, 7) is 4.16. The lowest BCUT2D eigenvalue weighted by Gasteiger charge is -2.24. The minimum atomic E-state index is 0.0415. The molecule has 3 rings (SSSR count). The van der Waals surface area contributed by atoms with Crippen LogP contribution in [0.2, 0.25) is 0 Å². The summed E-state index contributed by atoms with van der Waals surface area (Å²) in [7, 11) is 0. The van der Waals surface area contributed by atoms with Crippen LogP contribution >= 0.6 is 11.3 Å². The Hall–Kier alpha value is -1.73. The first-order valence-corrected chi connectivity index (χ1v) is 8.50. The molecule has 2 aromatic rings. The highest BCUT2D eigenvalue weighted by atomic mass is 32.1. The van der Waals surface area contributed by atoms with E-state index in [1.807, 2.05) is 23.4 Å². The van der Waals surface area contributed by atoms with Crippen molar-refractivity contribution in [3.05, 3.63) is 34.3 Å². The van der Waals surface area contributed by atoms with Crippen LogP contribution in [-0.4, -0.2) is 44.5 Å². The van der Waals surface area contributed by atoms with Gasteiger partial charge in [0.1, 0.15) is 11.5 Å². The molecule has 0 aromatic carbocycles. The minimum Gasteiger partial charge on any atom is -0.333 e. The monoisotopic (exact) mass is 319 g/mol. The maximum atomic E-state index is 12.7. The van der Waals surface area contributed by atoms with Gasteiger partial charge in [0.05, 0.1) is 11.0 Å². The second kappa shape index (κ2) is 6.58. The Labute approximate surface area is 134 Å². The zero-order valence-corrected chi connectivity index (χ0v) is 13.6. The van der Waals surface area contributed by atoms with Crippen LogP contribution in [-0.2, 0) is 13.0 Å². The molecule has 2 N–H and O–H groups in total. The van der Waals surface area contributed by atoms with Crippen LogP contribution in [0.15, 0.2) is 17.8 Å². The second-order valence-corrected chi connectivity index (χ2v) is 6.53. The van der Waals surface area contributed by atoms with E-state index in [-0.39, 0.29) is 11.9 Å². The number of carbonyl (C=O) groups excluding carboxylic acids is 1. The van der Waals surface area contributed by atoms with Crippen LogP contribution in [0.3, 0.4) is 0 Å². The van der Waals surface area contributed by atoms with E-state index in [9.17, 15) is 4.79 Å². The van der Waals surface area contributed by atoms with Crippen molar-refractivity contribution in [2.24, 2.45) is 5.73 Å². The number of aromatic nitrogens is 3. The molecule has 3 heterocycles. The van der Waals surface area contributed by atoms with Gasteiger partial charge < -0.3 is 15.2 Å². The fourth-order valence-corrected chi connectivity index (χ4v) is 3.70. The van der Waals surface area contributed by atoms with E-state index in [1.54, 1.807) is 6.20 Å². The number of amides is 1. The molecule has 22 heavy (non-hydrogen) atoms. The van der Waals surface area contributed by atoms with Crippen LogP contribution < -0.4 is 5.73 Å². The Kier molecular flexibility index (Phi) is 4.54. The zero-order chi connectivity index (χ0) is 15.5. The van der Waals surface area contributed by atoms with E-state index in [4.69, 9.17) is 5.73 Å². The largest absolute Gasteiger partial charge is 0.333 e. The normalized spacial score (nSPS) is 18.1. The number of thiazole rings is 1. The highest BCUT2D eigenvalue weighted by Gasteiger charge is 2.31. The van der Waals surface area contributed by atoms with E-state index >= 15 is 0 Å². The molecule has 0 aliphatic carbocycles. The second-order valence-electron chi connectivity index (χ2n) is 5.59. The first kappa shape index (κ1) is 15.2. The number of hydrogen-bond acceptors (Lipinski definition) is 5. The third-order valence-corrected chi connectivity index (χ3v) is 5.01. The third kappa shape index (κ3) is 3.05. The average Bonchev–Trinajstić information content (AvgIpc) is 3.22. The maximum Gasteiger partial charge on any atom is 0.273 e. The predicted molar refractivity (Wildman–Crippen MR) is 85.9 cm³/mol. The van der Waals surface area contributed by atoms with Crippen molar-refractivity contribution >= 4 is 17.2 Å². The number of likely N-dealkylation sites (tertiary alicyclic amines) is 1. The number of hydrogen-bond donors (Lipinski definition) is 1. The van der Waals surface area contributed by atoms with Crippen LogP contribution in [0.25, 0.3) is 0 Å². The molecule has 1 fully saturated rings. The van der Waals surface area contributed by atoms with E-state index in [2.05, 4.69) is 14.5 Å². The third-order valence-electron chi connectivity index (χ3n) is 4.10. The zero-order valence-electron chi connectivity index (χ0n) is 12.7. The van der Waals surface area contributed by atoms with Crippen molar-refractivity contribution in [3.8, 4) is 0 Å². The van der Waals surface area contributed by atoms with Gasteiger partial charge in [0.25, 0.3) is 5.91 Å². The average molecular weight is 319 g/mol. The molecular weight excluding hydrogens is 298 g/mol. The standard InChI is InChI=1S/C15H21N5OS/c1-11-17-6-8-19(11)9-12-3-2-7-20(12)15(21)13-10-22-14(18-13)4-5-16/h6,8,10,12H,2-5,7,9,16H2,1H3. The van der Waals surface area contributed by atoms with Gasteiger partial charge in [0.2, 0.25) is 0 Å². The molecule has 0 spiro atoms. The molecular formula is C15H21N5OS. The highest BCUT2D eigenvalue weighted by molar-refractivity contribution is 7.09. The lowest BCUT2D eigenvalue weighted by Crippen LogP contribution is -2.38. The van der Waals surface area contributed by atoms with Gasteiger partial charge in [-0.1, -0.05) is 0 Å². The molecule has 2 aromatic heterocycles. The minimum absolute atomic E-state index is 0.0415. The molecule has 1 amide bonds. The van der Waals surface area contributed by atoms with Crippen molar-refractivity contribution in [2.75, 3.05) is 13.1 Å². The fraction of sp³-hybridized carbons (Fsp3) is 0.533. The number of nitrogens with two attached hydrogens (primary N) is 1. The summed E-state index contributed by atoms with van der Waals surface area (Å²) in [4.78, 5) is 23.3. The molecule has 1 aliphatic rings. The summed E-state index contributed by atoms with van der Waals surface area (Å²) in [5, 5.41) is 2.79. The van der Waals surface area contributed by atoms with Gasteiger partial charge in [0, 0.05) is 37.3 Å². The number of imidazole rings is 1. The number of aryl methyl sites for hydroxylation is 1. The highest BCUT2D eigenvalue weighted by Crippen LogP contribution is 2.23. The van der Waals surface area contributed by atoms with Crippen LogP contribution in [0.4, 0.5) is 0 Å². The van der Waals surface area contributed by atoms with Crippen LogP contribution in [0.5, 0.6) is 0 Å². The molecule has 0 radical (unpaired) electrons. The summed E-state index contributed by atoms with van der Waals surface area (Å²) in [6, 6.07) is 0.222. The number of nitrogens with zero attached hydrogens (tertiary/aromatic N) is 4. The van der Waals surface area contributed by atoms with Gasteiger partial charge >= 0.3 is 0 Å². The van der Waals surface area contributed by atoms with Gasteiger partial charge in [-0.15, -0.1) is 11.3 Å². The SMILES string of the molecule is Cc1nccn1CC1CCCN1C(=O)c1csc(CCN)n1. The first-order valence-electron chi connectivity index (χ1n) is 7.62. The van der Waals surface area contributed by atoms with E-state index < -0.39 is 0 Å². The van der Waals surface area contributed by atoms with Gasteiger partial charge in [-0.25, -0.2) is 9.97 Å². The Bertz CT molecular complexity index is 650. The summed E-state index contributed by atoms with van der Waals surface area (Å²) >= 11 is 1.52. The predicted octanol–water partition coefficient (Wildman–Crippen LogP) is 1.45. The Morgan fingerprint density at radius 2 is 2.41 bits per heavy atom. The van der Waals surface area contributed by atoms with Gasteiger partial charge in [-0.05, 0) is 26.3 Å². The van der Waals surface area contributed by atoms with E-state index in [1.165, 1.54) is 11.3 Å². The van der Waals surface area contributed by atoms with Gasteiger partial charge in [0.15, 0.2) is 0 Å². The lowest BCUT2D eigenvalue weighted by atomic mass is 10.2. The summed E-state index contributed by atoms with van der Waals surface area (Å²) in [5.41, 5.74) is 6.10. The van der Waals surface area contributed by atoms with Crippen molar-refractivity contribution in [2.45, 2.75) is 38.8 Å². The van der Waals surface area contributed by atoms with Crippen LogP contribution in [0.1, 0.15) is 34.2 Å². The molecule has 7 heteroatoms. The molecule has 0 saturated carbocycles. The van der Waals surface area contributed by atoms with Crippen molar-refractivity contribution in [1.82, 2.24) is 19.4 Å². The van der Waals surface area contributed by atoms with Crippen molar-refractivity contribution in [1.29, 1.82) is 0 Å². The maximum absolute atomic E-state index is 12.7.